The van der Waals surface area contributed by atoms with Crippen molar-refractivity contribution in [2.24, 2.45) is 11.7 Å². The molecule has 23 heavy (non-hydrogen) atoms. The predicted molar refractivity (Wildman–Crippen MR) is 96.4 cm³/mol. The molecular formula is C20H28N2O. The second-order valence-electron chi connectivity index (χ2n) is 6.44. The maximum absolute atomic E-state index is 6.08. The van der Waals surface area contributed by atoms with Crippen LogP contribution < -0.4 is 15.8 Å². The smallest absolute Gasteiger partial charge is 0.119 e. The van der Waals surface area contributed by atoms with Crippen LogP contribution in [0.3, 0.4) is 0 Å². The minimum atomic E-state index is 0.225. The number of hydrogen-bond acceptors (Lipinski definition) is 3. The van der Waals surface area contributed by atoms with Crippen LogP contribution in [0.5, 0.6) is 5.75 Å². The Balaban J connectivity index is 1.72. The zero-order valence-corrected chi connectivity index (χ0v) is 14.2. The molecule has 0 heterocycles. The first-order valence-electron chi connectivity index (χ1n) is 8.35. The molecule has 2 aromatic carbocycles. The van der Waals surface area contributed by atoms with Gasteiger partial charge in [-0.3, -0.25) is 0 Å². The van der Waals surface area contributed by atoms with Crippen molar-refractivity contribution >= 4 is 0 Å². The molecule has 1 atom stereocenters. The Kier molecular flexibility index (Phi) is 7.11. The molecule has 0 aliphatic heterocycles. The fourth-order valence-corrected chi connectivity index (χ4v) is 2.54. The molecule has 0 fully saturated rings. The fraction of sp³-hybridized carbons (Fsp3) is 0.400. The molecule has 0 spiro atoms. The number of ether oxygens (including phenoxy) is 1. The van der Waals surface area contributed by atoms with Crippen molar-refractivity contribution in [3.63, 3.8) is 0 Å². The summed E-state index contributed by atoms with van der Waals surface area (Å²) >= 11 is 0. The molecule has 0 radical (unpaired) electrons. The Morgan fingerprint density at radius 1 is 0.957 bits per heavy atom. The number of benzene rings is 2. The van der Waals surface area contributed by atoms with Gasteiger partial charge in [0.1, 0.15) is 12.4 Å². The lowest BCUT2D eigenvalue weighted by molar-refractivity contribution is 0.306. The highest BCUT2D eigenvalue weighted by Gasteiger charge is 2.04. The first kappa shape index (κ1) is 17.5. The van der Waals surface area contributed by atoms with Gasteiger partial charge in [-0.25, -0.2) is 0 Å². The van der Waals surface area contributed by atoms with E-state index in [0.717, 1.165) is 25.3 Å². The van der Waals surface area contributed by atoms with Crippen molar-refractivity contribution in [1.82, 2.24) is 5.32 Å². The summed E-state index contributed by atoms with van der Waals surface area (Å²) in [7, 11) is 0. The van der Waals surface area contributed by atoms with Gasteiger partial charge < -0.3 is 15.8 Å². The van der Waals surface area contributed by atoms with Gasteiger partial charge in [-0.05, 0) is 35.6 Å². The van der Waals surface area contributed by atoms with Gasteiger partial charge in [0.2, 0.25) is 0 Å². The molecule has 0 saturated heterocycles. The Morgan fingerprint density at radius 3 is 2.30 bits per heavy atom. The third-order valence-corrected chi connectivity index (χ3v) is 3.68. The molecule has 3 N–H and O–H groups in total. The number of nitrogens with one attached hydrogen (secondary N) is 1. The molecule has 3 nitrogen and oxygen atoms in total. The van der Waals surface area contributed by atoms with E-state index < -0.39 is 0 Å². The standard InChI is InChI=1S/C20H28N2O/c1-16(2)12-19(21)14-22-13-17-8-10-20(11-9-17)23-15-18-6-4-3-5-7-18/h3-11,16,19,22H,12-15,21H2,1-2H3/t19-/m0/s1. The molecule has 0 aliphatic carbocycles. The second-order valence-corrected chi connectivity index (χ2v) is 6.44. The summed E-state index contributed by atoms with van der Waals surface area (Å²) in [6.07, 6.45) is 1.05. The van der Waals surface area contributed by atoms with Crippen LogP contribution in [-0.2, 0) is 13.2 Å². The quantitative estimate of drug-likeness (QED) is 0.741. The van der Waals surface area contributed by atoms with Crippen LogP contribution in [0, 0.1) is 5.92 Å². The largest absolute Gasteiger partial charge is 0.489 e. The molecule has 0 bridgehead atoms. The van der Waals surface area contributed by atoms with Crippen LogP contribution in [0.15, 0.2) is 54.6 Å². The van der Waals surface area contributed by atoms with Crippen LogP contribution in [0.25, 0.3) is 0 Å². The highest BCUT2D eigenvalue weighted by atomic mass is 16.5. The second kappa shape index (κ2) is 9.33. The van der Waals surface area contributed by atoms with E-state index in [1.807, 2.05) is 30.3 Å². The topological polar surface area (TPSA) is 47.3 Å². The lowest BCUT2D eigenvalue weighted by Gasteiger charge is -2.15. The average Bonchev–Trinajstić information content (AvgIpc) is 2.54. The lowest BCUT2D eigenvalue weighted by Crippen LogP contribution is -2.34. The van der Waals surface area contributed by atoms with Crippen LogP contribution in [0.4, 0.5) is 0 Å². The Morgan fingerprint density at radius 2 is 1.65 bits per heavy atom. The Bertz CT molecular complexity index is 552. The molecule has 2 aromatic rings. The molecule has 0 unspecified atom stereocenters. The summed E-state index contributed by atoms with van der Waals surface area (Å²) in [6.45, 7) is 6.69. The van der Waals surface area contributed by atoms with E-state index in [9.17, 15) is 0 Å². The summed E-state index contributed by atoms with van der Waals surface area (Å²) in [5, 5.41) is 3.42. The van der Waals surface area contributed by atoms with E-state index in [2.05, 4.69) is 43.4 Å². The molecule has 0 aliphatic rings. The normalized spacial score (nSPS) is 12.3. The van der Waals surface area contributed by atoms with Gasteiger partial charge in [0.25, 0.3) is 0 Å². The van der Waals surface area contributed by atoms with Crippen LogP contribution >= 0.6 is 0 Å². The van der Waals surface area contributed by atoms with E-state index in [0.29, 0.717) is 12.5 Å². The summed E-state index contributed by atoms with van der Waals surface area (Å²) in [5.74, 6) is 1.54. The summed E-state index contributed by atoms with van der Waals surface area (Å²) in [4.78, 5) is 0. The van der Waals surface area contributed by atoms with E-state index in [1.54, 1.807) is 0 Å². The van der Waals surface area contributed by atoms with Gasteiger partial charge >= 0.3 is 0 Å². The molecule has 2 rings (SSSR count). The van der Waals surface area contributed by atoms with E-state index in [4.69, 9.17) is 10.5 Å². The van der Waals surface area contributed by atoms with Crippen LogP contribution in [0.1, 0.15) is 31.4 Å². The van der Waals surface area contributed by atoms with Crippen molar-refractivity contribution in [3.8, 4) is 5.75 Å². The van der Waals surface area contributed by atoms with Crippen molar-refractivity contribution in [2.45, 2.75) is 39.5 Å². The highest BCUT2D eigenvalue weighted by Crippen LogP contribution is 2.14. The molecule has 3 heteroatoms. The van der Waals surface area contributed by atoms with E-state index >= 15 is 0 Å². The minimum Gasteiger partial charge on any atom is -0.489 e. The fourth-order valence-electron chi connectivity index (χ4n) is 2.54. The maximum atomic E-state index is 6.08. The minimum absolute atomic E-state index is 0.225. The van der Waals surface area contributed by atoms with Gasteiger partial charge in [-0.2, -0.15) is 0 Å². The zero-order valence-electron chi connectivity index (χ0n) is 14.2. The Hall–Kier alpha value is -1.84. The third-order valence-electron chi connectivity index (χ3n) is 3.68. The first-order valence-corrected chi connectivity index (χ1v) is 8.35. The van der Waals surface area contributed by atoms with Crippen molar-refractivity contribution in [3.05, 3.63) is 65.7 Å². The predicted octanol–water partition coefficient (Wildman–Crippen LogP) is 3.73. The highest BCUT2D eigenvalue weighted by molar-refractivity contribution is 5.27. The summed E-state index contributed by atoms with van der Waals surface area (Å²) in [5.41, 5.74) is 8.50. The maximum Gasteiger partial charge on any atom is 0.119 e. The zero-order chi connectivity index (χ0) is 16.5. The van der Waals surface area contributed by atoms with Gasteiger partial charge in [-0.1, -0.05) is 56.3 Å². The number of hydrogen-bond donors (Lipinski definition) is 2. The SMILES string of the molecule is CC(C)C[C@H](N)CNCc1ccc(OCc2ccccc2)cc1. The van der Waals surface area contributed by atoms with Crippen molar-refractivity contribution in [2.75, 3.05) is 6.54 Å². The van der Waals surface area contributed by atoms with Gasteiger partial charge in [0.05, 0.1) is 0 Å². The van der Waals surface area contributed by atoms with Crippen LogP contribution in [0.2, 0.25) is 0 Å². The molecular weight excluding hydrogens is 284 g/mol. The monoisotopic (exact) mass is 312 g/mol. The number of nitrogens with two attached hydrogens (primary N) is 1. The third kappa shape index (κ3) is 6.85. The Labute approximate surface area is 139 Å². The number of rotatable bonds is 9. The lowest BCUT2D eigenvalue weighted by atomic mass is 10.0. The van der Waals surface area contributed by atoms with E-state index in [1.165, 1.54) is 11.1 Å². The van der Waals surface area contributed by atoms with E-state index in [-0.39, 0.29) is 6.04 Å². The molecule has 0 saturated carbocycles. The molecule has 0 amide bonds. The van der Waals surface area contributed by atoms with Gasteiger partial charge in [0, 0.05) is 19.1 Å². The van der Waals surface area contributed by atoms with Gasteiger partial charge in [-0.15, -0.1) is 0 Å². The van der Waals surface area contributed by atoms with Crippen molar-refractivity contribution < 1.29 is 4.74 Å². The molecule has 124 valence electrons. The molecule has 0 aromatic heterocycles. The average molecular weight is 312 g/mol. The van der Waals surface area contributed by atoms with Crippen LogP contribution in [-0.4, -0.2) is 12.6 Å². The van der Waals surface area contributed by atoms with Crippen molar-refractivity contribution in [1.29, 1.82) is 0 Å². The summed E-state index contributed by atoms with van der Waals surface area (Å²) in [6, 6.07) is 18.7. The summed E-state index contributed by atoms with van der Waals surface area (Å²) < 4.78 is 5.79. The van der Waals surface area contributed by atoms with Gasteiger partial charge in [0.15, 0.2) is 0 Å². The first-order chi connectivity index (χ1) is 11.1.